The van der Waals surface area contributed by atoms with Gasteiger partial charge in [-0.2, -0.15) is 0 Å². The van der Waals surface area contributed by atoms with Gasteiger partial charge in [0.05, 0.1) is 23.9 Å². The quantitative estimate of drug-likeness (QED) is 0.820. The van der Waals surface area contributed by atoms with Crippen LogP contribution in [0.1, 0.15) is 46.7 Å². The molecule has 0 spiro atoms. The number of rotatable bonds is 6. The second-order valence-electron chi connectivity index (χ2n) is 6.47. The third kappa shape index (κ3) is 3.33. The van der Waals surface area contributed by atoms with Crippen molar-refractivity contribution in [3.63, 3.8) is 0 Å². The minimum atomic E-state index is -0.845. The maximum absolute atomic E-state index is 12.7. The van der Waals surface area contributed by atoms with Crippen molar-refractivity contribution < 1.29 is 18.8 Å². The van der Waals surface area contributed by atoms with Gasteiger partial charge < -0.3 is 9.73 Å². The van der Waals surface area contributed by atoms with E-state index in [9.17, 15) is 14.4 Å². The van der Waals surface area contributed by atoms with E-state index >= 15 is 0 Å². The minimum Gasteiger partial charge on any atom is -0.467 e. The van der Waals surface area contributed by atoms with Gasteiger partial charge in [0.1, 0.15) is 11.8 Å². The van der Waals surface area contributed by atoms with E-state index in [0.717, 1.165) is 4.90 Å². The number of amides is 3. The zero-order valence-corrected chi connectivity index (χ0v) is 14.2. The Morgan fingerprint density at radius 3 is 2.24 bits per heavy atom. The van der Waals surface area contributed by atoms with Gasteiger partial charge in [0.2, 0.25) is 5.91 Å². The number of carbonyl (C=O) groups excluding carboxylic acids is 3. The molecule has 0 saturated heterocycles. The van der Waals surface area contributed by atoms with E-state index in [2.05, 4.69) is 5.32 Å². The SMILES string of the molecule is CC(C)CC(C(=O)NCc1ccco1)N1C(=O)c2ccccc2C1=O. The highest BCUT2D eigenvalue weighted by molar-refractivity contribution is 6.22. The molecule has 1 aliphatic rings. The summed E-state index contributed by atoms with van der Waals surface area (Å²) < 4.78 is 5.20. The summed E-state index contributed by atoms with van der Waals surface area (Å²) in [4.78, 5) is 39.1. The fourth-order valence-electron chi connectivity index (χ4n) is 2.97. The maximum Gasteiger partial charge on any atom is 0.262 e. The number of furan rings is 1. The Kier molecular flexibility index (Phi) is 4.70. The molecule has 1 aromatic heterocycles. The van der Waals surface area contributed by atoms with Gasteiger partial charge in [-0.15, -0.1) is 0 Å². The van der Waals surface area contributed by atoms with Crippen LogP contribution in [0.5, 0.6) is 0 Å². The highest BCUT2D eigenvalue weighted by Gasteiger charge is 2.42. The molecule has 25 heavy (non-hydrogen) atoms. The molecule has 1 N–H and O–H groups in total. The number of fused-ring (bicyclic) bond motifs is 1. The molecule has 1 aliphatic heterocycles. The van der Waals surface area contributed by atoms with Crippen molar-refractivity contribution in [2.45, 2.75) is 32.9 Å². The van der Waals surface area contributed by atoms with Crippen LogP contribution in [0.3, 0.4) is 0 Å². The van der Waals surface area contributed by atoms with E-state index in [4.69, 9.17) is 4.42 Å². The summed E-state index contributed by atoms with van der Waals surface area (Å²) in [7, 11) is 0. The minimum absolute atomic E-state index is 0.142. The van der Waals surface area contributed by atoms with Crippen LogP contribution in [0.2, 0.25) is 0 Å². The van der Waals surface area contributed by atoms with Gasteiger partial charge in [-0.05, 0) is 36.6 Å². The molecule has 0 radical (unpaired) electrons. The lowest BCUT2D eigenvalue weighted by Crippen LogP contribution is -2.50. The Morgan fingerprint density at radius 1 is 1.08 bits per heavy atom. The van der Waals surface area contributed by atoms with Crippen LogP contribution in [0, 0.1) is 5.92 Å². The van der Waals surface area contributed by atoms with Gasteiger partial charge >= 0.3 is 0 Å². The zero-order chi connectivity index (χ0) is 18.0. The lowest BCUT2D eigenvalue weighted by molar-refractivity contribution is -0.125. The molecule has 2 heterocycles. The molecule has 0 saturated carbocycles. The summed E-state index contributed by atoms with van der Waals surface area (Å²) >= 11 is 0. The highest BCUT2D eigenvalue weighted by atomic mass is 16.3. The van der Waals surface area contributed by atoms with Crippen LogP contribution in [-0.4, -0.2) is 28.7 Å². The largest absolute Gasteiger partial charge is 0.467 e. The second kappa shape index (κ2) is 6.93. The molecule has 130 valence electrons. The van der Waals surface area contributed by atoms with Crippen molar-refractivity contribution >= 4 is 17.7 Å². The number of nitrogens with one attached hydrogen (secondary N) is 1. The van der Waals surface area contributed by atoms with E-state index in [-0.39, 0.29) is 18.4 Å². The second-order valence-corrected chi connectivity index (χ2v) is 6.47. The molecule has 2 aromatic rings. The summed E-state index contributed by atoms with van der Waals surface area (Å²) in [6.45, 7) is 4.11. The molecule has 6 heteroatoms. The Bertz CT molecular complexity index is 761. The molecule has 6 nitrogen and oxygen atoms in total. The number of nitrogens with zero attached hydrogens (tertiary/aromatic N) is 1. The summed E-state index contributed by atoms with van der Waals surface area (Å²) in [6.07, 6.45) is 1.92. The van der Waals surface area contributed by atoms with Crippen LogP contribution in [-0.2, 0) is 11.3 Å². The van der Waals surface area contributed by atoms with Crippen molar-refractivity contribution in [1.82, 2.24) is 10.2 Å². The average Bonchev–Trinajstić information content (AvgIpc) is 3.19. The van der Waals surface area contributed by atoms with E-state index in [1.165, 1.54) is 6.26 Å². The first kappa shape index (κ1) is 17.0. The lowest BCUT2D eigenvalue weighted by atomic mass is 10.0. The predicted octanol–water partition coefficient (Wildman–Crippen LogP) is 2.61. The first-order valence-corrected chi connectivity index (χ1v) is 8.26. The smallest absolute Gasteiger partial charge is 0.262 e. The molecule has 0 bridgehead atoms. The number of hydrogen-bond acceptors (Lipinski definition) is 4. The van der Waals surface area contributed by atoms with Gasteiger partial charge in [0, 0.05) is 0 Å². The zero-order valence-electron chi connectivity index (χ0n) is 14.2. The van der Waals surface area contributed by atoms with Gasteiger partial charge in [0.15, 0.2) is 0 Å². The standard InChI is InChI=1S/C19H20N2O4/c1-12(2)10-16(17(22)20-11-13-6-5-9-25-13)21-18(23)14-7-3-4-8-15(14)19(21)24/h3-9,12,16H,10-11H2,1-2H3,(H,20,22). The first-order valence-electron chi connectivity index (χ1n) is 8.26. The van der Waals surface area contributed by atoms with Gasteiger partial charge in [-0.25, -0.2) is 0 Å². The Labute approximate surface area is 145 Å². The summed E-state index contributed by atoms with van der Waals surface area (Å²) in [5, 5.41) is 2.76. The van der Waals surface area contributed by atoms with E-state index in [0.29, 0.717) is 23.3 Å². The van der Waals surface area contributed by atoms with Gasteiger partial charge in [-0.3, -0.25) is 19.3 Å². The van der Waals surface area contributed by atoms with Crippen molar-refractivity contribution in [2.75, 3.05) is 0 Å². The van der Waals surface area contributed by atoms with Crippen LogP contribution in [0.25, 0.3) is 0 Å². The van der Waals surface area contributed by atoms with E-state index in [1.807, 2.05) is 13.8 Å². The maximum atomic E-state index is 12.7. The van der Waals surface area contributed by atoms with Crippen molar-refractivity contribution in [3.8, 4) is 0 Å². The monoisotopic (exact) mass is 340 g/mol. The van der Waals surface area contributed by atoms with Crippen LogP contribution in [0.15, 0.2) is 47.1 Å². The fourth-order valence-corrected chi connectivity index (χ4v) is 2.97. The summed E-state index contributed by atoms with van der Waals surface area (Å²) in [5.74, 6) is -0.443. The van der Waals surface area contributed by atoms with Gasteiger partial charge in [-0.1, -0.05) is 26.0 Å². The normalized spacial score (nSPS) is 14.8. The number of hydrogen-bond donors (Lipinski definition) is 1. The Balaban J connectivity index is 1.82. The molecule has 3 amide bonds. The van der Waals surface area contributed by atoms with Crippen molar-refractivity contribution in [3.05, 3.63) is 59.5 Å². The van der Waals surface area contributed by atoms with E-state index in [1.54, 1.807) is 36.4 Å². The molecule has 3 rings (SSSR count). The number of imide groups is 1. The molecule has 1 aromatic carbocycles. The molecule has 0 fully saturated rings. The third-order valence-corrected chi connectivity index (χ3v) is 4.15. The topological polar surface area (TPSA) is 79.6 Å². The first-order chi connectivity index (χ1) is 12.0. The molecule has 0 aliphatic carbocycles. The van der Waals surface area contributed by atoms with Crippen molar-refractivity contribution in [2.24, 2.45) is 5.92 Å². The summed E-state index contributed by atoms with van der Waals surface area (Å²) in [5.41, 5.74) is 0.695. The molecular weight excluding hydrogens is 320 g/mol. The van der Waals surface area contributed by atoms with E-state index < -0.39 is 17.9 Å². The number of carbonyl (C=O) groups is 3. The Hall–Kier alpha value is -2.89. The van der Waals surface area contributed by atoms with Gasteiger partial charge in [0.25, 0.3) is 11.8 Å². The van der Waals surface area contributed by atoms with Crippen molar-refractivity contribution in [1.29, 1.82) is 0 Å². The average molecular weight is 340 g/mol. The van der Waals surface area contributed by atoms with Crippen LogP contribution < -0.4 is 5.32 Å². The number of benzene rings is 1. The Morgan fingerprint density at radius 2 is 1.72 bits per heavy atom. The third-order valence-electron chi connectivity index (χ3n) is 4.15. The fraction of sp³-hybridized carbons (Fsp3) is 0.316. The molecular formula is C19H20N2O4. The van der Waals surface area contributed by atoms with Crippen LogP contribution >= 0.6 is 0 Å². The molecule has 1 unspecified atom stereocenters. The summed E-state index contributed by atoms with van der Waals surface area (Å²) in [6, 6.07) is 9.29. The predicted molar refractivity (Wildman–Crippen MR) is 90.7 cm³/mol. The molecule has 1 atom stereocenters. The van der Waals surface area contributed by atoms with Crippen LogP contribution in [0.4, 0.5) is 0 Å². The lowest BCUT2D eigenvalue weighted by Gasteiger charge is -2.26. The highest BCUT2D eigenvalue weighted by Crippen LogP contribution is 2.27.